The van der Waals surface area contributed by atoms with Gasteiger partial charge in [0.05, 0.1) is 17.9 Å². The highest BCUT2D eigenvalue weighted by molar-refractivity contribution is 6.99. The summed E-state index contributed by atoms with van der Waals surface area (Å²) in [6.07, 6.45) is 5.51. The Kier molecular flexibility index (Phi) is 2.81. The molecule has 1 spiro atoms. The zero-order valence-electron chi connectivity index (χ0n) is 11.2. The lowest BCUT2D eigenvalue weighted by atomic mass is 10.2. The molecule has 0 radical (unpaired) electrons. The lowest BCUT2D eigenvalue weighted by Crippen LogP contribution is -2.34. The molecule has 1 aromatic carbocycles. The van der Waals surface area contributed by atoms with Crippen LogP contribution < -0.4 is 14.8 Å². The first-order chi connectivity index (χ1) is 10.2. The number of carbonyl (C=O) groups excluding carboxylic acids is 1. The summed E-state index contributed by atoms with van der Waals surface area (Å²) >= 11 is 1.01. The van der Waals surface area contributed by atoms with Gasteiger partial charge in [-0.15, -0.1) is 0 Å². The fourth-order valence-electron chi connectivity index (χ4n) is 2.75. The van der Waals surface area contributed by atoms with E-state index < -0.39 is 5.79 Å². The number of hydrogen-bond donors (Lipinski definition) is 1. The Hall–Kier alpha value is -2.15. The minimum absolute atomic E-state index is 0.279. The minimum atomic E-state index is -0.482. The molecule has 0 saturated heterocycles. The molecule has 7 heteroatoms. The second kappa shape index (κ2) is 4.70. The maximum atomic E-state index is 11.9. The molecule has 2 aliphatic rings. The van der Waals surface area contributed by atoms with E-state index in [9.17, 15) is 4.79 Å². The molecule has 4 rings (SSSR count). The van der Waals surface area contributed by atoms with Gasteiger partial charge in [-0.3, -0.25) is 4.79 Å². The van der Waals surface area contributed by atoms with Crippen LogP contribution in [0.25, 0.3) is 0 Å². The number of anilines is 1. The van der Waals surface area contributed by atoms with Crippen LogP contribution in [0, 0.1) is 0 Å². The molecule has 1 saturated carbocycles. The van der Waals surface area contributed by atoms with E-state index in [0.29, 0.717) is 17.1 Å². The molecule has 2 aromatic rings. The average molecular weight is 303 g/mol. The first-order valence-corrected chi connectivity index (χ1v) is 7.58. The van der Waals surface area contributed by atoms with Crippen molar-refractivity contribution in [1.82, 2.24) is 8.75 Å². The summed E-state index contributed by atoms with van der Waals surface area (Å²) in [5.41, 5.74) is 0.968. The van der Waals surface area contributed by atoms with Crippen LogP contribution in [0.2, 0.25) is 0 Å². The SMILES string of the molecule is O=C(Nc1ccc2c(c1)OC1(CCCC1)O2)c1cnsn1. The van der Waals surface area contributed by atoms with Gasteiger partial charge in [0.25, 0.3) is 11.7 Å². The van der Waals surface area contributed by atoms with Crippen LogP contribution in [-0.2, 0) is 0 Å². The van der Waals surface area contributed by atoms with E-state index in [-0.39, 0.29) is 5.91 Å². The average Bonchev–Trinajstić information content (AvgIpc) is 3.19. The van der Waals surface area contributed by atoms with Crippen molar-refractivity contribution in [3.05, 3.63) is 30.1 Å². The van der Waals surface area contributed by atoms with Crippen molar-refractivity contribution in [3.8, 4) is 11.5 Å². The summed E-state index contributed by atoms with van der Waals surface area (Å²) in [5.74, 6) is 0.665. The molecular formula is C14H13N3O3S. The van der Waals surface area contributed by atoms with Crippen molar-refractivity contribution in [2.75, 3.05) is 5.32 Å². The lowest BCUT2D eigenvalue weighted by Gasteiger charge is -2.21. The fourth-order valence-corrected chi connectivity index (χ4v) is 3.16. The van der Waals surface area contributed by atoms with E-state index >= 15 is 0 Å². The van der Waals surface area contributed by atoms with Gasteiger partial charge < -0.3 is 14.8 Å². The van der Waals surface area contributed by atoms with Crippen molar-refractivity contribution >= 4 is 23.3 Å². The van der Waals surface area contributed by atoms with Gasteiger partial charge in [-0.25, -0.2) is 0 Å². The summed E-state index contributed by atoms with van der Waals surface area (Å²) in [5, 5.41) is 2.78. The third kappa shape index (κ3) is 2.23. The predicted molar refractivity (Wildman–Crippen MR) is 76.8 cm³/mol. The number of rotatable bonds is 2. The number of carbonyl (C=O) groups is 1. The van der Waals surface area contributed by atoms with Gasteiger partial charge in [-0.05, 0) is 25.0 Å². The third-order valence-corrected chi connectivity index (χ3v) is 4.23. The summed E-state index contributed by atoms with van der Waals surface area (Å²) in [7, 11) is 0. The van der Waals surface area contributed by atoms with E-state index in [1.54, 1.807) is 12.1 Å². The van der Waals surface area contributed by atoms with Gasteiger partial charge >= 0.3 is 0 Å². The van der Waals surface area contributed by atoms with Crippen LogP contribution in [0.15, 0.2) is 24.4 Å². The normalized spacial score (nSPS) is 18.1. The molecule has 2 heterocycles. The summed E-state index contributed by atoms with van der Waals surface area (Å²) in [6, 6.07) is 5.42. The summed E-state index contributed by atoms with van der Waals surface area (Å²) in [4.78, 5) is 11.9. The molecule has 1 amide bonds. The number of amides is 1. The second-order valence-electron chi connectivity index (χ2n) is 5.23. The fraction of sp³-hybridized carbons (Fsp3) is 0.357. The molecule has 6 nitrogen and oxygen atoms in total. The number of benzene rings is 1. The number of nitrogens with zero attached hydrogens (tertiary/aromatic N) is 2. The minimum Gasteiger partial charge on any atom is -0.448 e. The number of ether oxygens (including phenoxy) is 2. The Morgan fingerprint density at radius 2 is 2.05 bits per heavy atom. The zero-order valence-corrected chi connectivity index (χ0v) is 12.0. The zero-order chi connectivity index (χ0) is 14.3. The first kappa shape index (κ1) is 12.6. The van der Waals surface area contributed by atoms with Crippen LogP contribution in [0.4, 0.5) is 5.69 Å². The van der Waals surface area contributed by atoms with Crippen molar-refractivity contribution in [2.45, 2.75) is 31.5 Å². The first-order valence-electron chi connectivity index (χ1n) is 6.85. The van der Waals surface area contributed by atoms with Crippen molar-refractivity contribution in [2.24, 2.45) is 0 Å². The molecule has 0 unspecified atom stereocenters. The Balaban J connectivity index is 1.53. The molecule has 108 valence electrons. The van der Waals surface area contributed by atoms with Gasteiger partial charge in [0, 0.05) is 24.6 Å². The highest BCUT2D eigenvalue weighted by Gasteiger charge is 2.44. The number of aromatic nitrogens is 2. The van der Waals surface area contributed by atoms with Crippen molar-refractivity contribution < 1.29 is 14.3 Å². The van der Waals surface area contributed by atoms with Crippen LogP contribution in [0.3, 0.4) is 0 Å². The van der Waals surface area contributed by atoms with Crippen LogP contribution in [-0.4, -0.2) is 20.4 Å². The van der Waals surface area contributed by atoms with Gasteiger partial charge in [0.2, 0.25) is 0 Å². The third-order valence-electron chi connectivity index (χ3n) is 3.75. The lowest BCUT2D eigenvalue weighted by molar-refractivity contribution is -0.0716. The van der Waals surface area contributed by atoms with E-state index in [4.69, 9.17) is 9.47 Å². The number of fused-ring (bicyclic) bond motifs is 1. The Bertz CT molecular complexity index is 681. The number of hydrogen-bond acceptors (Lipinski definition) is 6. The van der Waals surface area contributed by atoms with Gasteiger partial charge in [-0.1, -0.05) is 0 Å². The van der Waals surface area contributed by atoms with Crippen LogP contribution in [0.1, 0.15) is 36.2 Å². The molecule has 1 N–H and O–H groups in total. The predicted octanol–water partition coefficient (Wildman–Crippen LogP) is 2.83. The molecule has 1 aromatic heterocycles. The Morgan fingerprint density at radius 1 is 1.24 bits per heavy atom. The maximum absolute atomic E-state index is 11.9. The standard InChI is InChI=1S/C14H13N3O3S/c18-13(10-8-15-21-17-10)16-9-3-4-11-12(7-9)20-14(19-11)5-1-2-6-14/h3-4,7-8H,1-2,5-6H2,(H,16,18). The van der Waals surface area contributed by atoms with E-state index in [1.807, 2.05) is 6.07 Å². The quantitative estimate of drug-likeness (QED) is 0.923. The molecule has 0 atom stereocenters. The second-order valence-corrected chi connectivity index (χ2v) is 5.79. The highest BCUT2D eigenvalue weighted by atomic mass is 32.1. The van der Waals surface area contributed by atoms with Crippen molar-refractivity contribution in [1.29, 1.82) is 0 Å². The van der Waals surface area contributed by atoms with E-state index in [0.717, 1.165) is 43.2 Å². The number of nitrogens with one attached hydrogen (secondary N) is 1. The summed E-state index contributed by atoms with van der Waals surface area (Å²) in [6.45, 7) is 0. The topological polar surface area (TPSA) is 73.3 Å². The van der Waals surface area contributed by atoms with Crippen molar-refractivity contribution in [3.63, 3.8) is 0 Å². The van der Waals surface area contributed by atoms with Gasteiger partial charge in [-0.2, -0.15) is 8.75 Å². The molecule has 21 heavy (non-hydrogen) atoms. The molecule has 0 bridgehead atoms. The van der Waals surface area contributed by atoms with Crippen LogP contribution in [0.5, 0.6) is 11.5 Å². The monoisotopic (exact) mass is 303 g/mol. The molecule has 1 aliphatic heterocycles. The van der Waals surface area contributed by atoms with Gasteiger partial charge in [0.15, 0.2) is 17.2 Å². The Labute approximate surface area is 125 Å². The Morgan fingerprint density at radius 3 is 2.81 bits per heavy atom. The largest absolute Gasteiger partial charge is 0.448 e. The van der Waals surface area contributed by atoms with Gasteiger partial charge in [0.1, 0.15) is 0 Å². The smallest absolute Gasteiger partial charge is 0.277 e. The van der Waals surface area contributed by atoms with Crippen LogP contribution >= 0.6 is 11.7 Å². The van der Waals surface area contributed by atoms with E-state index in [1.165, 1.54) is 6.20 Å². The highest BCUT2D eigenvalue weighted by Crippen LogP contribution is 2.47. The molecule has 1 aliphatic carbocycles. The summed E-state index contributed by atoms with van der Waals surface area (Å²) < 4.78 is 19.6. The molecular weight excluding hydrogens is 290 g/mol. The maximum Gasteiger partial charge on any atom is 0.277 e. The van der Waals surface area contributed by atoms with E-state index in [2.05, 4.69) is 14.1 Å². The molecule has 1 fully saturated rings.